The monoisotopic (exact) mass is 391 g/mol. The van der Waals surface area contributed by atoms with E-state index in [1.807, 2.05) is 16.8 Å². The summed E-state index contributed by atoms with van der Waals surface area (Å²) in [7, 11) is 0. The molecular formula is C13H15ClIN3O. The lowest BCUT2D eigenvalue weighted by atomic mass is 10.1. The van der Waals surface area contributed by atoms with Gasteiger partial charge in [0, 0.05) is 16.5 Å². The summed E-state index contributed by atoms with van der Waals surface area (Å²) in [5.41, 5.74) is 0.802. The van der Waals surface area contributed by atoms with Gasteiger partial charge in [-0.15, -0.1) is 0 Å². The molecule has 6 heteroatoms. The molecule has 0 saturated carbocycles. The van der Waals surface area contributed by atoms with Crippen LogP contribution in [0.5, 0.6) is 0 Å². The number of nitrogens with zero attached hydrogens (tertiary/aromatic N) is 3. The maximum atomic E-state index is 10.3. The number of rotatable bonds is 5. The van der Waals surface area contributed by atoms with Gasteiger partial charge in [0.05, 0.1) is 11.1 Å². The van der Waals surface area contributed by atoms with E-state index in [2.05, 4.69) is 39.6 Å². The molecule has 1 aromatic carbocycles. The number of aryl methyl sites for hydroxylation is 1. The number of halogens is 2. The maximum Gasteiger partial charge on any atom is 0.138 e. The fourth-order valence-corrected chi connectivity index (χ4v) is 2.38. The van der Waals surface area contributed by atoms with Crippen LogP contribution in [0, 0.1) is 3.57 Å². The van der Waals surface area contributed by atoms with Crippen molar-refractivity contribution >= 4 is 34.2 Å². The fourth-order valence-electron chi connectivity index (χ4n) is 1.86. The van der Waals surface area contributed by atoms with Gasteiger partial charge in [0.25, 0.3) is 0 Å². The van der Waals surface area contributed by atoms with E-state index in [9.17, 15) is 5.11 Å². The molecule has 0 aliphatic carbocycles. The lowest BCUT2D eigenvalue weighted by Crippen LogP contribution is -2.10. The number of hydrogen-bond acceptors (Lipinski definition) is 3. The zero-order chi connectivity index (χ0) is 13.8. The van der Waals surface area contributed by atoms with E-state index >= 15 is 0 Å². The lowest BCUT2D eigenvalue weighted by molar-refractivity contribution is 0.174. The van der Waals surface area contributed by atoms with Crippen LogP contribution in [-0.2, 0) is 13.0 Å². The third-order valence-electron chi connectivity index (χ3n) is 2.84. The third-order valence-corrected chi connectivity index (χ3v) is 4.41. The minimum Gasteiger partial charge on any atom is -0.388 e. The molecule has 2 aromatic rings. The van der Waals surface area contributed by atoms with E-state index in [1.165, 1.54) is 6.33 Å². The van der Waals surface area contributed by atoms with Crippen molar-refractivity contribution in [3.8, 4) is 0 Å². The molecule has 0 saturated heterocycles. The van der Waals surface area contributed by atoms with Crippen molar-refractivity contribution in [3.05, 3.63) is 44.5 Å². The molecule has 0 bridgehead atoms. The van der Waals surface area contributed by atoms with Gasteiger partial charge in [0.2, 0.25) is 0 Å². The van der Waals surface area contributed by atoms with Crippen molar-refractivity contribution in [1.82, 2.24) is 14.8 Å². The SMILES string of the molecule is CCCn1ncnc1CC(O)c1ccc(I)c(Cl)c1. The molecule has 0 fully saturated rings. The Balaban J connectivity index is 2.13. The molecule has 2 rings (SSSR count). The summed E-state index contributed by atoms with van der Waals surface area (Å²) in [5.74, 6) is 0.795. The van der Waals surface area contributed by atoms with E-state index < -0.39 is 6.10 Å². The Morgan fingerprint density at radius 1 is 1.47 bits per heavy atom. The van der Waals surface area contributed by atoms with E-state index in [0.29, 0.717) is 11.4 Å². The second-order valence-corrected chi connectivity index (χ2v) is 5.86. The lowest BCUT2D eigenvalue weighted by Gasteiger charge is -2.12. The Bertz CT molecular complexity index is 559. The highest BCUT2D eigenvalue weighted by molar-refractivity contribution is 14.1. The van der Waals surface area contributed by atoms with Gasteiger partial charge in [-0.3, -0.25) is 4.68 Å². The molecule has 1 unspecified atom stereocenters. The molecule has 19 heavy (non-hydrogen) atoms. The van der Waals surface area contributed by atoms with Crippen molar-refractivity contribution in [2.75, 3.05) is 0 Å². The molecule has 0 spiro atoms. The van der Waals surface area contributed by atoms with Crippen LogP contribution >= 0.6 is 34.2 Å². The van der Waals surface area contributed by atoms with Crippen LogP contribution in [0.15, 0.2) is 24.5 Å². The molecule has 0 amide bonds. The van der Waals surface area contributed by atoms with Crippen molar-refractivity contribution in [3.63, 3.8) is 0 Å². The smallest absolute Gasteiger partial charge is 0.138 e. The summed E-state index contributed by atoms with van der Waals surface area (Å²) in [6.45, 7) is 2.90. The van der Waals surface area contributed by atoms with E-state index in [0.717, 1.165) is 27.9 Å². The maximum absolute atomic E-state index is 10.3. The standard InChI is InChI=1S/C13H15ClIN3O/c1-2-5-18-13(16-8-17-18)7-12(19)9-3-4-11(15)10(14)6-9/h3-4,6,8,12,19H,2,5,7H2,1H3. The molecule has 0 aliphatic heterocycles. The van der Waals surface area contributed by atoms with Gasteiger partial charge in [0.15, 0.2) is 0 Å². The van der Waals surface area contributed by atoms with Crippen LogP contribution in [0.1, 0.15) is 30.8 Å². The first kappa shape index (κ1) is 14.7. The average molecular weight is 392 g/mol. The topological polar surface area (TPSA) is 50.9 Å². The average Bonchev–Trinajstić information content (AvgIpc) is 2.80. The molecule has 1 heterocycles. The highest BCUT2D eigenvalue weighted by Crippen LogP contribution is 2.24. The normalized spacial score (nSPS) is 12.6. The highest BCUT2D eigenvalue weighted by Gasteiger charge is 2.14. The van der Waals surface area contributed by atoms with Gasteiger partial charge in [-0.05, 0) is 46.7 Å². The third kappa shape index (κ3) is 3.67. The number of hydrogen-bond donors (Lipinski definition) is 1. The number of benzene rings is 1. The molecule has 1 atom stereocenters. The first-order valence-corrected chi connectivity index (χ1v) is 7.57. The fraction of sp³-hybridized carbons (Fsp3) is 0.385. The minimum atomic E-state index is -0.616. The highest BCUT2D eigenvalue weighted by atomic mass is 127. The zero-order valence-electron chi connectivity index (χ0n) is 10.6. The Hall–Kier alpha value is -0.660. The molecule has 4 nitrogen and oxygen atoms in total. The van der Waals surface area contributed by atoms with E-state index in [1.54, 1.807) is 6.07 Å². The predicted octanol–water partition coefficient (Wildman–Crippen LogP) is 3.22. The minimum absolute atomic E-state index is 0.441. The zero-order valence-corrected chi connectivity index (χ0v) is 13.5. The van der Waals surface area contributed by atoms with Gasteiger partial charge in [0.1, 0.15) is 12.2 Å². The molecule has 0 radical (unpaired) electrons. The Labute approximate surface area is 130 Å². The molecule has 1 aromatic heterocycles. The summed E-state index contributed by atoms with van der Waals surface area (Å²) >= 11 is 8.23. The van der Waals surface area contributed by atoms with Crippen LogP contribution in [0.25, 0.3) is 0 Å². The Morgan fingerprint density at radius 2 is 2.26 bits per heavy atom. The first-order valence-electron chi connectivity index (χ1n) is 6.11. The molecule has 102 valence electrons. The second kappa shape index (κ2) is 6.67. The van der Waals surface area contributed by atoms with Crippen LogP contribution in [0.2, 0.25) is 5.02 Å². The van der Waals surface area contributed by atoms with Crippen LogP contribution < -0.4 is 0 Å². The summed E-state index contributed by atoms with van der Waals surface area (Å²) < 4.78 is 2.81. The van der Waals surface area contributed by atoms with Gasteiger partial charge >= 0.3 is 0 Å². The van der Waals surface area contributed by atoms with Crippen molar-refractivity contribution in [1.29, 1.82) is 0 Å². The molecule has 0 aliphatic rings. The summed E-state index contributed by atoms with van der Waals surface area (Å²) in [6, 6.07) is 5.59. The number of aliphatic hydroxyl groups excluding tert-OH is 1. The quantitative estimate of drug-likeness (QED) is 0.796. The summed E-state index contributed by atoms with van der Waals surface area (Å²) in [5, 5.41) is 15.1. The number of aliphatic hydroxyl groups is 1. The summed E-state index contributed by atoms with van der Waals surface area (Å²) in [6.07, 6.45) is 2.34. The van der Waals surface area contributed by atoms with Gasteiger partial charge in [-0.25, -0.2) is 4.98 Å². The van der Waals surface area contributed by atoms with Crippen molar-refractivity contribution < 1.29 is 5.11 Å². The number of aromatic nitrogens is 3. The first-order chi connectivity index (χ1) is 9.11. The van der Waals surface area contributed by atoms with E-state index in [-0.39, 0.29) is 0 Å². The summed E-state index contributed by atoms with van der Waals surface area (Å²) in [4.78, 5) is 4.20. The van der Waals surface area contributed by atoms with E-state index in [4.69, 9.17) is 11.6 Å². The largest absolute Gasteiger partial charge is 0.388 e. The van der Waals surface area contributed by atoms with Crippen molar-refractivity contribution in [2.45, 2.75) is 32.4 Å². The van der Waals surface area contributed by atoms with Gasteiger partial charge < -0.3 is 5.11 Å². The Morgan fingerprint density at radius 3 is 2.95 bits per heavy atom. The van der Waals surface area contributed by atoms with Crippen LogP contribution in [-0.4, -0.2) is 19.9 Å². The Kier molecular flexibility index (Phi) is 5.18. The second-order valence-electron chi connectivity index (χ2n) is 4.29. The van der Waals surface area contributed by atoms with Crippen molar-refractivity contribution in [2.24, 2.45) is 0 Å². The van der Waals surface area contributed by atoms with Gasteiger partial charge in [-0.1, -0.05) is 24.6 Å². The van der Waals surface area contributed by atoms with Crippen LogP contribution in [0.3, 0.4) is 0 Å². The van der Waals surface area contributed by atoms with Gasteiger partial charge in [-0.2, -0.15) is 5.10 Å². The molecular weight excluding hydrogens is 377 g/mol. The van der Waals surface area contributed by atoms with Crippen LogP contribution in [0.4, 0.5) is 0 Å². The molecule has 1 N–H and O–H groups in total. The predicted molar refractivity (Wildman–Crippen MR) is 83.1 cm³/mol.